The number of piperazine rings is 1. The summed E-state index contributed by atoms with van der Waals surface area (Å²) in [5.41, 5.74) is 7.92. The van der Waals surface area contributed by atoms with Crippen molar-refractivity contribution in [3.8, 4) is 22.6 Å². The maximum Gasteiger partial charge on any atom is 0.228 e. The Balaban J connectivity index is 1.18. The van der Waals surface area contributed by atoms with Crippen LogP contribution >= 0.6 is 0 Å². The highest BCUT2D eigenvalue weighted by Gasteiger charge is 2.20. The normalized spacial score (nSPS) is 14.1. The molecule has 0 saturated carbocycles. The Kier molecular flexibility index (Phi) is 6.36. The molecule has 204 valence electrons. The lowest BCUT2D eigenvalue weighted by Gasteiger charge is -2.33. The van der Waals surface area contributed by atoms with E-state index in [1.165, 1.54) is 0 Å². The lowest BCUT2D eigenvalue weighted by atomic mass is 10.0. The number of anilines is 2. The van der Waals surface area contributed by atoms with Crippen LogP contribution in [-0.2, 0) is 11.2 Å². The van der Waals surface area contributed by atoms with Crippen molar-refractivity contribution in [2.75, 3.05) is 43.4 Å². The minimum atomic E-state index is -0.0851. The molecule has 1 aliphatic heterocycles. The van der Waals surface area contributed by atoms with Gasteiger partial charge in [-0.15, -0.1) is 0 Å². The number of carbonyl (C=O) groups is 1. The van der Waals surface area contributed by atoms with Crippen LogP contribution in [0.2, 0.25) is 0 Å². The number of imidazole rings is 1. The standard InChI is InChI=1S/C31H29N9O/c1-39-9-11-40(12-10-39)27-19-33-18-26-30(27)36-31(35-26)29-24-15-21(7-8-25(24)37-38-29)22-14-23(17-32-16-22)34-28(41)13-20-5-3-2-4-6-20/h2-8,14-19H,9-13H2,1H3,(H,34,41)(H,35,36)(H,37,38). The summed E-state index contributed by atoms with van der Waals surface area (Å²) in [4.78, 5) is 34.6. The Bertz CT molecular complexity index is 1850. The number of likely N-dealkylation sites (N-methyl/N-ethyl adjacent to an activating group) is 1. The van der Waals surface area contributed by atoms with Gasteiger partial charge in [0.05, 0.1) is 47.4 Å². The van der Waals surface area contributed by atoms with Gasteiger partial charge in [-0.2, -0.15) is 5.10 Å². The Morgan fingerprint density at radius 3 is 2.59 bits per heavy atom. The molecule has 10 nitrogen and oxygen atoms in total. The zero-order valence-corrected chi connectivity index (χ0v) is 22.6. The van der Waals surface area contributed by atoms with Gasteiger partial charge in [0.25, 0.3) is 0 Å². The molecule has 0 aliphatic carbocycles. The zero-order chi connectivity index (χ0) is 27.8. The third-order valence-corrected chi connectivity index (χ3v) is 7.57. The highest BCUT2D eigenvalue weighted by atomic mass is 16.1. The van der Waals surface area contributed by atoms with E-state index in [2.05, 4.69) is 53.4 Å². The van der Waals surface area contributed by atoms with E-state index in [0.29, 0.717) is 17.9 Å². The molecule has 10 heteroatoms. The first-order chi connectivity index (χ1) is 20.1. The molecule has 0 spiro atoms. The van der Waals surface area contributed by atoms with E-state index in [9.17, 15) is 4.79 Å². The molecule has 3 N–H and O–H groups in total. The van der Waals surface area contributed by atoms with Crippen molar-refractivity contribution < 1.29 is 4.79 Å². The number of amides is 1. The summed E-state index contributed by atoms with van der Waals surface area (Å²) in [5.74, 6) is 0.602. The molecule has 0 radical (unpaired) electrons. The number of benzene rings is 2. The minimum absolute atomic E-state index is 0.0851. The maximum absolute atomic E-state index is 12.6. The molecular formula is C31H29N9O. The van der Waals surface area contributed by atoms with E-state index < -0.39 is 0 Å². The third kappa shape index (κ3) is 5.01. The minimum Gasteiger partial charge on any atom is -0.366 e. The first kappa shape index (κ1) is 24.9. The van der Waals surface area contributed by atoms with E-state index in [-0.39, 0.29) is 5.91 Å². The van der Waals surface area contributed by atoms with Crippen molar-refractivity contribution in [3.63, 3.8) is 0 Å². The summed E-state index contributed by atoms with van der Waals surface area (Å²) in [6, 6.07) is 17.7. The number of aromatic amines is 2. The predicted molar refractivity (Wildman–Crippen MR) is 161 cm³/mol. The Morgan fingerprint density at radius 1 is 0.902 bits per heavy atom. The van der Waals surface area contributed by atoms with Crippen LogP contribution in [0.15, 0.2) is 79.4 Å². The molecule has 0 bridgehead atoms. The van der Waals surface area contributed by atoms with Gasteiger partial charge in [-0.05, 0) is 36.4 Å². The molecular weight excluding hydrogens is 514 g/mol. The highest BCUT2D eigenvalue weighted by molar-refractivity contribution is 5.98. The quantitative estimate of drug-likeness (QED) is 0.283. The molecule has 7 rings (SSSR count). The summed E-state index contributed by atoms with van der Waals surface area (Å²) >= 11 is 0. The molecule has 1 fully saturated rings. The molecule has 4 aromatic heterocycles. The van der Waals surface area contributed by atoms with E-state index in [4.69, 9.17) is 4.98 Å². The third-order valence-electron chi connectivity index (χ3n) is 7.57. The Labute approximate surface area is 236 Å². The molecule has 2 aromatic carbocycles. The molecule has 0 unspecified atom stereocenters. The number of nitrogens with zero attached hydrogens (tertiary/aromatic N) is 6. The number of carbonyl (C=O) groups excluding carboxylic acids is 1. The van der Waals surface area contributed by atoms with Crippen LogP contribution in [0.3, 0.4) is 0 Å². The molecule has 1 saturated heterocycles. The van der Waals surface area contributed by atoms with Crippen LogP contribution in [0.5, 0.6) is 0 Å². The number of nitrogens with one attached hydrogen (secondary N) is 3. The predicted octanol–water partition coefficient (Wildman–Crippen LogP) is 4.50. The van der Waals surface area contributed by atoms with Crippen molar-refractivity contribution >= 4 is 39.2 Å². The monoisotopic (exact) mass is 543 g/mol. The van der Waals surface area contributed by atoms with E-state index in [0.717, 1.165) is 76.2 Å². The van der Waals surface area contributed by atoms with Gasteiger partial charge in [-0.25, -0.2) is 4.98 Å². The van der Waals surface area contributed by atoms with Crippen LogP contribution in [0.4, 0.5) is 11.4 Å². The first-order valence-electron chi connectivity index (χ1n) is 13.7. The second-order valence-corrected chi connectivity index (χ2v) is 10.4. The number of hydrogen-bond acceptors (Lipinski definition) is 7. The topological polar surface area (TPSA) is 119 Å². The number of rotatable bonds is 6. The van der Waals surface area contributed by atoms with Gasteiger partial charge in [0.2, 0.25) is 5.91 Å². The molecule has 41 heavy (non-hydrogen) atoms. The number of H-pyrrole nitrogens is 2. The van der Waals surface area contributed by atoms with Crippen LogP contribution in [0.25, 0.3) is 44.6 Å². The summed E-state index contributed by atoms with van der Waals surface area (Å²) in [5, 5.41) is 11.7. The summed E-state index contributed by atoms with van der Waals surface area (Å²) in [6.07, 6.45) is 7.48. The van der Waals surface area contributed by atoms with E-state index in [1.807, 2.05) is 60.9 Å². The van der Waals surface area contributed by atoms with Gasteiger partial charge >= 0.3 is 0 Å². The van der Waals surface area contributed by atoms with Crippen molar-refractivity contribution in [1.29, 1.82) is 0 Å². The number of hydrogen-bond donors (Lipinski definition) is 3. The molecule has 0 atom stereocenters. The second kappa shape index (κ2) is 10.5. The van der Waals surface area contributed by atoms with Gasteiger partial charge in [0.15, 0.2) is 5.82 Å². The average Bonchev–Trinajstić information content (AvgIpc) is 3.62. The first-order valence-corrected chi connectivity index (χ1v) is 13.7. The van der Waals surface area contributed by atoms with Gasteiger partial charge < -0.3 is 20.1 Å². The van der Waals surface area contributed by atoms with Gasteiger partial charge in [0.1, 0.15) is 11.2 Å². The second-order valence-electron chi connectivity index (χ2n) is 10.4. The molecule has 1 aliphatic rings. The van der Waals surface area contributed by atoms with Gasteiger partial charge in [-0.3, -0.25) is 19.9 Å². The largest absolute Gasteiger partial charge is 0.366 e. The van der Waals surface area contributed by atoms with Crippen LogP contribution in [0, 0.1) is 0 Å². The Hall–Kier alpha value is -5.09. The fourth-order valence-corrected chi connectivity index (χ4v) is 5.34. The summed E-state index contributed by atoms with van der Waals surface area (Å²) in [6.45, 7) is 3.89. The lowest BCUT2D eigenvalue weighted by molar-refractivity contribution is -0.115. The summed E-state index contributed by atoms with van der Waals surface area (Å²) in [7, 11) is 2.15. The van der Waals surface area contributed by atoms with Crippen molar-refractivity contribution in [1.82, 2.24) is 35.0 Å². The van der Waals surface area contributed by atoms with Crippen molar-refractivity contribution in [2.45, 2.75) is 6.42 Å². The van der Waals surface area contributed by atoms with E-state index >= 15 is 0 Å². The van der Waals surface area contributed by atoms with E-state index in [1.54, 1.807) is 12.4 Å². The smallest absolute Gasteiger partial charge is 0.228 e. The SMILES string of the molecule is CN1CCN(c2cncc3[nH]c(-c4n[nH]c5ccc(-c6cncc(NC(=O)Cc7ccccc7)c6)cc45)nc23)CC1. The fraction of sp³-hybridized carbons (Fsp3) is 0.194. The number of pyridine rings is 2. The zero-order valence-electron chi connectivity index (χ0n) is 22.6. The summed E-state index contributed by atoms with van der Waals surface area (Å²) < 4.78 is 0. The van der Waals surface area contributed by atoms with Crippen molar-refractivity contribution in [3.05, 3.63) is 84.9 Å². The fourth-order valence-electron chi connectivity index (χ4n) is 5.34. The Morgan fingerprint density at radius 2 is 1.73 bits per heavy atom. The highest BCUT2D eigenvalue weighted by Crippen LogP contribution is 2.33. The molecule has 5 heterocycles. The lowest BCUT2D eigenvalue weighted by Crippen LogP contribution is -2.44. The maximum atomic E-state index is 12.6. The van der Waals surface area contributed by atoms with Crippen LogP contribution < -0.4 is 10.2 Å². The van der Waals surface area contributed by atoms with Crippen LogP contribution in [-0.4, -0.2) is 74.2 Å². The molecule has 1 amide bonds. The number of fused-ring (bicyclic) bond motifs is 2. The van der Waals surface area contributed by atoms with Crippen molar-refractivity contribution in [2.24, 2.45) is 0 Å². The average molecular weight is 544 g/mol. The number of aromatic nitrogens is 6. The van der Waals surface area contributed by atoms with Gasteiger partial charge in [0, 0.05) is 43.3 Å². The molecule has 6 aromatic rings. The van der Waals surface area contributed by atoms with Gasteiger partial charge in [-0.1, -0.05) is 36.4 Å². The van der Waals surface area contributed by atoms with Crippen LogP contribution in [0.1, 0.15) is 5.56 Å².